The Morgan fingerprint density at radius 1 is 1.22 bits per heavy atom. The molecule has 0 aromatic rings. The molecule has 0 aliphatic rings. The van der Waals surface area contributed by atoms with Gasteiger partial charge in [0.05, 0.1) is 13.8 Å². The summed E-state index contributed by atoms with van der Waals surface area (Å²) in [6.45, 7) is 9.52. The quantitative estimate of drug-likeness (QED) is 0.467. The van der Waals surface area contributed by atoms with Gasteiger partial charge in [0.25, 0.3) is 0 Å². The largest absolute Gasteiger partial charge is 0.101 e. The van der Waals surface area contributed by atoms with Crippen molar-refractivity contribution < 1.29 is 0 Å². The van der Waals surface area contributed by atoms with E-state index in [1.54, 1.807) is 0 Å². The maximum absolute atomic E-state index is 5.72. The van der Waals surface area contributed by atoms with Gasteiger partial charge in [-0.15, -0.1) is 13.6 Å². The molecule has 9 heavy (non-hydrogen) atoms. The second-order valence-corrected chi connectivity index (χ2v) is 3.01. The van der Waals surface area contributed by atoms with Crippen molar-refractivity contribution in [3.8, 4) is 0 Å². The van der Waals surface area contributed by atoms with Gasteiger partial charge in [-0.1, -0.05) is 13.6 Å². The molecule has 0 bridgehead atoms. The minimum Gasteiger partial charge on any atom is -0.101 e. The van der Waals surface area contributed by atoms with Crippen LogP contribution in [0.1, 0.15) is 0 Å². The smallest absolute Gasteiger partial charge is 0.0850 e. The molecule has 5 heteroatoms. The molecule has 0 saturated heterocycles. The summed E-state index contributed by atoms with van der Waals surface area (Å²) < 4.78 is 0. The molecule has 0 saturated carbocycles. The van der Waals surface area contributed by atoms with E-state index in [0.717, 1.165) is 0 Å². The highest BCUT2D eigenvalue weighted by atomic mass is 13.3. The molecule has 0 atom stereocenters. The molecule has 0 unspecified atom stereocenters. The van der Waals surface area contributed by atoms with E-state index in [1.165, 1.54) is 0 Å². The third-order valence-corrected chi connectivity index (χ3v) is 1.76. The molecular weight excluding hydrogens is 102 g/mol. The average molecular weight is 114 g/mol. The van der Waals surface area contributed by atoms with Crippen molar-refractivity contribution in [2.24, 2.45) is 0 Å². The molecule has 0 aliphatic carbocycles. The summed E-state index contributed by atoms with van der Waals surface area (Å²) in [5, 5.41) is 0. The van der Waals surface area contributed by atoms with Crippen molar-refractivity contribution in [2.45, 2.75) is 27.3 Å². The van der Waals surface area contributed by atoms with E-state index in [1.807, 2.05) is 0 Å². The van der Waals surface area contributed by atoms with E-state index >= 15 is 0 Å². The van der Waals surface area contributed by atoms with Gasteiger partial charge in [0.2, 0.25) is 0 Å². The SMILES string of the molecule is [B]B(C)B([B]C)B(C)C. The van der Waals surface area contributed by atoms with Crippen LogP contribution >= 0.6 is 0 Å². The van der Waals surface area contributed by atoms with Crippen molar-refractivity contribution in [1.29, 1.82) is 0 Å². The summed E-state index contributed by atoms with van der Waals surface area (Å²) in [6.07, 6.45) is 0.574. The molecule has 3 radical (unpaired) electrons. The van der Waals surface area contributed by atoms with Crippen molar-refractivity contribution in [3.05, 3.63) is 0 Å². The van der Waals surface area contributed by atoms with Gasteiger partial charge in [-0.3, -0.25) is 0 Å². The van der Waals surface area contributed by atoms with Crippen molar-refractivity contribution >= 4 is 34.4 Å². The summed E-state index contributed by atoms with van der Waals surface area (Å²) >= 11 is 0. The van der Waals surface area contributed by atoms with Gasteiger partial charge in [0.15, 0.2) is 0 Å². The summed E-state index contributed by atoms with van der Waals surface area (Å²) in [5.41, 5.74) is 0. The van der Waals surface area contributed by atoms with Crippen LogP contribution < -0.4 is 0 Å². The van der Waals surface area contributed by atoms with E-state index in [9.17, 15) is 0 Å². The van der Waals surface area contributed by atoms with E-state index in [4.69, 9.17) is 7.74 Å². The third kappa shape index (κ3) is 3.12. The Morgan fingerprint density at radius 3 is 1.67 bits per heavy atom. The lowest BCUT2D eigenvalue weighted by Crippen LogP contribution is -2.48. The first-order valence-electron chi connectivity index (χ1n) is 3.64. The molecule has 0 amide bonds. The van der Waals surface area contributed by atoms with Gasteiger partial charge >= 0.3 is 0 Å². The molecule has 0 rings (SSSR count). The van der Waals surface area contributed by atoms with Crippen LogP contribution in [0, 0.1) is 0 Å². The molecular formula is C4H12B5. The standard InChI is InChI=1S/C4H12B5/c1-6-9(7(2)3)8(4)5/h1-4H3. The second-order valence-electron chi connectivity index (χ2n) is 3.01. The van der Waals surface area contributed by atoms with Crippen LogP contribution in [0.25, 0.3) is 0 Å². The zero-order valence-corrected chi connectivity index (χ0v) is 6.89. The van der Waals surface area contributed by atoms with Crippen molar-refractivity contribution in [1.82, 2.24) is 0 Å². The molecule has 0 N–H and O–H groups in total. The Labute approximate surface area is 62.4 Å². The Morgan fingerprint density at radius 2 is 1.67 bits per heavy atom. The van der Waals surface area contributed by atoms with Crippen LogP contribution in [-0.4, -0.2) is 34.4 Å². The molecule has 0 fully saturated rings. The fourth-order valence-corrected chi connectivity index (χ4v) is 1.30. The Balaban J connectivity index is 3.68. The lowest BCUT2D eigenvalue weighted by Gasteiger charge is -2.15. The van der Waals surface area contributed by atoms with E-state index in [2.05, 4.69) is 34.5 Å². The minimum atomic E-state index is 0.301. The van der Waals surface area contributed by atoms with Crippen LogP contribution in [0.15, 0.2) is 0 Å². The van der Waals surface area contributed by atoms with E-state index < -0.39 is 0 Å². The fourth-order valence-electron chi connectivity index (χ4n) is 1.30. The third-order valence-electron chi connectivity index (χ3n) is 1.76. The van der Waals surface area contributed by atoms with Crippen molar-refractivity contribution in [3.63, 3.8) is 0 Å². The number of hydrogen-bond acceptors (Lipinski definition) is 0. The molecule has 0 spiro atoms. The van der Waals surface area contributed by atoms with E-state index in [0.29, 0.717) is 19.5 Å². The molecule has 0 nitrogen and oxygen atoms in total. The Kier molecular flexibility index (Phi) is 4.34. The second kappa shape index (κ2) is 4.19. The first-order chi connectivity index (χ1) is 4.09. The maximum atomic E-state index is 5.72. The summed E-state index contributed by atoms with van der Waals surface area (Å²) in [7, 11) is 7.91. The zero-order chi connectivity index (χ0) is 7.44. The fraction of sp³-hybridized carbons (Fsp3) is 1.00. The predicted octanol–water partition coefficient (Wildman–Crippen LogP) is 0.431. The van der Waals surface area contributed by atoms with E-state index in [-0.39, 0.29) is 0 Å². The molecule has 0 aliphatic heterocycles. The number of rotatable bonds is 3. The monoisotopic (exact) mass is 115 g/mol. The highest BCUT2D eigenvalue weighted by molar-refractivity contribution is 7.74. The topological polar surface area (TPSA) is 0 Å². The van der Waals surface area contributed by atoms with Gasteiger partial charge in [-0.2, -0.15) is 0 Å². The maximum Gasteiger partial charge on any atom is 0.0850 e. The van der Waals surface area contributed by atoms with Gasteiger partial charge in [-0.25, -0.2) is 0 Å². The Bertz CT molecular complexity index is 63.4. The van der Waals surface area contributed by atoms with Gasteiger partial charge in [0, 0.05) is 20.6 Å². The highest BCUT2D eigenvalue weighted by Crippen LogP contribution is 1.91. The van der Waals surface area contributed by atoms with Crippen LogP contribution in [0.3, 0.4) is 0 Å². The van der Waals surface area contributed by atoms with Gasteiger partial charge in [-0.05, 0) is 0 Å². The zero-order valence-electron chi connectivity index (χ0n) is 6.89. The number of hydrogen-bond donors (Lipinski definition) is 0. The van der Waals surface area contributed by atoms with Gasteiger partial charge < -0.3 is 0 Å². The van der Waals surface area contributed by atoms with Gasteiger partial charge in [0.1, 0.15) is 0 Å². The van der Waals surface area contributed by atoms with Crippen LogP contribution in [0.4, 0.5) is 0 Å². The van der Waals surface area contributed by atoms with Crippen LogP contribution in [-0.2, 0) is 0 Å². The first kappa shape index (κ1) is 9.32. The molecule has 43 valence electrons. The van der Waals surface area contributed by atoms with Crippen LogP contribution in [0.2, 0.25) is 27.3 Å². The molecule has 0 aromatic carbocycles. The lowest BCUT2D eigenvalue weighted by molar-refractivity contribution is 2.09. The minimum absolute atomic E-state index is 0.301. The predicted molar refractivity (Wildman–Crippen MR) is 52.2 cm³/mol. The summed E-state index contributed by atoms with van der Waals surface area (Å²) in [6, 6.07) is 0. The summed E-state index contributed by atoms with van der Waals surface area (Å²) in [4.78, 5) is 0. The lowest BCUT2D eigenvalue weighted by atomic mass is 8.76. The normalized spacial score (nSPS) is 8.44. The summed E-state index contributed by atoms with van der Waals surface area (Å²) in [5.74, 6) is 0. The average Bonchev–Trinajstić information content (AvgIpc) is 1.64. The van der Waals surface area contributed by atoms with Crippen LogP contribution in [0.5, 0.6) is 0 Å². The van der Waals surface area contributed by atoms with Crippen molar-refractivity contribution in [2.75, 3.05) is 0 Å². The molecule has 0 aromatic heterocycles. The highest BCUT2D eigenvalue weighted by Gasteiger charge is 2.21. The Hall–Kier alpha value is 0.325. The first-order valence-corrected chi connectivity index (χ1v) is 3.64. The molecule has 0 heterocycles.